The number of methoxy groups -OCH3 is 1. The maximum absolute atomic E-state index is 12.3. The van der Waals surface area contributed by atoms with Crippen LogP contribution in [0.1, 0.15) is 11.3 Å². The first-order valence-corrected chi connectivity index (χ1v) is 8.56. The molecule has 1 aromatic carbocycles. The molecule has 146 valence electrons. The molecule has 0 saturated carbocycles. The van der Waals surface area contributed by atoms with Gasteiger partial charge in [0.25, 0.3) is 0 Å². The van der Waals surface area contributed by atoms with Gasteiger partial charge in [-0.25, -0.2) is 4.98 Å². The maximum Gasteiger partial charge on any atom is 0.387 e. The van der Waals surface area contributed by atoms with Crippen molar-refractivity contribution in [2.75, 3.05) is 13.7 Å². The molecule has 0 spiro atoms. The predicted molar refractivity (Wildman–Crippen MR) is 101 cm³/mol. The second-order valence-corrected chi connectivity index (χ2v) is 5.86. The van der Waals surface area contributed by atoms with Crippen molar-refractivity contribution in [1.82, 2.24) is 14.7 Å². The van der Waals surface area contributed by atoms with Crippen LogP contribution in [0.25, 0.3) is 11.7 Å². The van der Waals surface area contributed by atoms with Crippen molar-refractivity contribution in [3.8, 4) is 11.5 Å². The summed E-state index contributed by atoms with van der Waals surface area (Å²) >= 11 is 0. The number of hydrogen-bond acceptors (Lipinski definition) is 4. The number of nitrogens with zero attached hydrogens (tertiary/aromatic N) is 2. The topological polar surface area (TPSA) is 64.9 Å². The van der Waals surface area contributed by atoms with Gasteiger partial charge in [0, 0.05) is 31.4 Å². The molecule has 0 unspecified atom stereocenters. The highest BCUT2D eigenvalue weighted by Gasteiger charge is 2.10. The summed E-state index contributed by atoms with van der Waals surface area (Å²) in [6.45, 7) is -2.49. The van der Waals surface area contributed by atoms with Crippen molar-refractivity contribution in [1.29, 1.82) is 0 Å². The fourth-order valence-electron chi connectivity index (χ4n) is 2.63. The van der Waals surface area contributed by atoms with E-state index in [1.165, 1.54) is 25.3 Å². The highest BCUT2D eigenvalue weighted by Crippen LogP contribution is 2.29. The number of amides is 1. The van der Waals surface area contributed by atoms with Crippen molar-refractivity contribution in [3.63, 3.8) is 0 Å². The van der Waals surface area contributed by atoms with E-state index in [0.29, 0.717) is 18.5 Å². The summed E-state index contributed by atoms with van der Waals surface area (Å²) in [5.74, 6) is -0.170. The number of carbonyl (C=O) groups is 1. The highest BCUT2D eigenvalue weighted by molar-refractivity contribution is 5.91. The summed E-state index contributed by atoms with van der Waals surface area (Å²) < 4.78 is 36.0. The number of halogens is 2. The number of imidazole rings is 1. The van der Waals surface area contributed by atoms with E-state index in [1.54, 1.807) is 12.1 Å². The van der Waals surface area contributed by atoms with Crippen LogP contribution in [0.5, 0.6) is 11.5 Å². The minimum atomic E-state index is -2.94. The molecule has 1 N–H and O–H groups in total. The van der Waals surface area contributed by atoms with Crippen molar-refractivity contribution in [3.05, 3.63) is 66.1 Å². The van der Waals surface area contributed by atoms with Crippen LogP contribution in [0.2, 0.25) is 0 Å². The van der Waals surface area contributed by atoms with E-state index in [-0.39, 0.29) is 17.4 Å². The Hall–Kier alpha value is -3.42. The first kappa shape index (κ1) is 19.3. The van der Waals surface area contributed by atoms with Crippen molar-refractivity contribution in [2.45, 2.75) is 13.0 Å². The van der Waals surface area contributed by atoms with Gasteiger partial charge in [-0.2, -0.15) is 8.78 Å². The number of alkyl halides is 2. The number of hydrogen-bond donors (Lipinski definition) is 1. The standard InChI is InChI=1S/C20H19F2N3O3/c1-27-17-12-14(5-7-16(17)28-20(21)22)6-8-19(26)23-10-9-15-13-25-11-3-2-4-18(25)24-15/h2-8,11-13,20H,9-10H2,1H3,(H,23,26)/b8-6+. The molecule has 1 amide bonds. The van der Waals surface area contributed by atoms with Crippen LogP contribution >= 0.6 is 0 Å². The van der Waals surface area contributed by atoms with Crippen LogP contribution in [-0.2, 0) is 11.2 Å². The lowest BCUT2D eigenvalue weighted by Gasteiger charge is -2.10. The monoisotopic (exact) mass is 387 g/mol. The van der Waals surface area contributed by atoms with Gasteiger partial charge in [0.05, 0.1) is 12.8 Å². The number of carbonyl (C=O) groups excluding carboxylic acids is 1. The van der Waals surface area contributed by atoms with Gasteiger partial charge in [0.1, 0.15) is 5.65 Å². The van der Waals surface area contributed by atoms with Gasteiger partial charge in [-0.3, -0.25) is 4.79 Å². The molecule has 0 atom stereocenters. The molecule has 2 heterocycles. The Balaban J connectivity index is 1.53. The number of fused-ring (bicyclic) bond motifs is 1. The molecule has 0 bridgehead atoms. The van der Waals surface area contributed by atoms with Crippen molar-refractivity contribution >= 4 is 17.6 Å². The Bertz CT molecular complexity index is 953. The Morgan fingerprint density at radius 3 is 2.89 bits per heavy atom. The summed E-state index contributed by atoms with van der Waals surface area (Å²) in [5, 5.41) is 2.78. The molecule has 0 fully saturated rings. The first-order valence-electron chi connectivity index (χ1n) is 8.56. The van der Waals surface area contributed by atoms with Crippen molar-refractivity contribution < 1.29 is 23.0 Å². The molecule has 0 saturated heterocycles. The number of rotatable bonds is 8. The zero-order valence-electron chi connectivity index (χ0n) is 15.1. The number of benzene rings is 1. The maximum atomic E-state index is 12.3. The molecule has 0 aliphatic rings. The molecule has 8 heteroatoms. The minimum absolute atomic E-state index is 0.0634. The zero-order valence-corrected chi connectivity index (χ0v) is 15.1. The predicted octanol–water partition coefficient (Wildman–Crippen LogP) is 3.32. The third-order valence-corrected chi connectivity index (χ3v) is 3.93. The second-order valence-electron chi connectivity index (χ2n) is 5.86. The number of ether oxygens (including phenoxy) is 2. The smallest absolute Gasteiger partial charge is 0.387 e. The van der Waals surface area contributed by atoms with Crippen LogP contribution in [0.3, 0.4) is 0 Å². The van der Waals surface area contributed by atoms with Gasteiger partial charge in [-0.05, 0) is 35.9 Å². The van der Waals surface area contributed by atoms with Crippen LogP contribution in [0.15, 0.2) is 54.9 Å². The normalized spacial score (nSPS) is 11.3. The van der Waals surface area contributed by atoms with Gasteiger partial charge in [0.2, 0.25) is 5.91 Å². The Labute approximate surface area is 160 Å². The lowest BCUT2D eigenvalue weighted by molar-refractivity contribution is -0.116. The Kier molecular flexibility index (Phi) is 6.21. The molecule has 0 radical (unpaired) electrons. The molecule has 2 aromatic heterocycles. The van der Waals surface area contributed by atoms with E-state index in [9.17, 15) is 13.6 Å². The average Bonchev–Trinajstić information content (AvgIpc) is 3.09. The molecule has 3 aromatic rings. The summed E-state index contributed by atoms with van der Waals surface area (Å²) in [6, 6.07) is 10.2. The molecule has 6 nitrogen and oxygen atoms in total. The van der Waals surface area contributed by atoms with Gasteiger partial charge in [-0.15, -0.1) is 0 Å². The summed E-state index contributed by atoms with van der Waals surface area (Å²) in [5.41, 5.74) is 2.36. The van der Waals surface area contributed by atoms with E-state index in [2.05, 4.69) is 15.0 Å². The Morgan fingerprint density at radius 1 is 1.29 bits per heavy atom. The van der Waals surface area contributed by atoms with E-state index in [0.717, 1.165) is 11.3 Å². The van der Waals surface area contributed by atoms with E-state index in [4.69, 9.17) is 4.74 Å². The first-order chi connectivity index (χ1) is 13.5. The van der Waals surface area contributed by atoms with E-state index >= 15 is 0 Å². The third-order valence-electron chi connectivity index (χ3n) is 3.93. The fourth-order valence-corrected chi connectivity index (χ4v) is 2.63. The Morgan fingerprint density at radius 2 is 2.14 bits per heavy atom. The third kappa shape index (κ3) is 5.06. The largest absolute Gasteiger partial charge is 0.493 e. The number of aromatic nitrogens is 2. The van der Waals surface area contributed by atoms with E-state index < -0.39 is 6.61 Å². The molecule has 0 aliphatic heterocycles. The van der Waals surface area contributed by atoms with Crippen LogP contribution < -0.4 is 14.8 Å². The van der Waals surface area contributed by atoms with Gasteiger partial charge in [0.15, 0.2) is 11.5 Å². The van der Waals surface area contributed by atoms with Gasteiger partial charge < -0.3 is 19.2 Å². The quantitative estimate of drug-likeness (QED) is 0.603. The zero-order chi connectivity index (χ0) is 19.9. The second kappa shape index (κ2) is 8.98. The lowest BCUT2D eigenvalue weighted by Crippen LogP contribution is -2.23. The van der Waals surface area contributed by atoms with Gasteiger partial charge in [-0.1, -0.05) is 12.1 Å². The highest BCUT2D eigenvalue weighted by atomic mass is 19.3. The SMILES string of the molecule is COc1cc(/C=C/C(=O)NCCc2cn3ccccc3n2)ccc1OC(F)F. The van der Waals surface area contributed by atoms with Gasteiger partial charge >= 0.3 is 6.61 Å². The fraction of sp³-hybridized carbons (Fsp3) is 0.200. The lowest BCUT2D eigenvalue weighted by atomic mass is 10.2. The summed E-state index contributed by atoms with van der Waals surface area (Å²) in [7, 11) is 1.35. The number of pyridine rings is 1. The number of nitrogens with one attached hydrogen (secondary N) is 1. The minimum Gasteiger partial charge on any atom is -0.493 e. The van der Waals surface area contributed by atoms with Crippen molar-refractivity contribution in [2.24, 2.45) is 0 Å². The molecular formula is C20H19F2N3O3. The van der Waals surface area contributed by atoms with Crippen LogP contribution in [0.4, 0.5) is 8.78 Å². The van der Waals surface area contributed by atoms with E-state index in [1.807, 2.05) is 35.0 Å². The summed E-state index contributed by atoms with van der Waals surface area (Å²) in [6.07, 6.45) is 7.38. The summed E-state index contributed by atoms with van der Waals surface area (Å²) in [4.78, 5) is 16.4. The molecule has 3 rings (SSSR count). The molecule has 0 aliphatic carbocycles. The average molecular weight is 387 g/mol. The molecular weight excluding hydrogens is 368 g/mol. The van der Waals surface area contributed by atoms with Crippen LogP contribution in [-0.4, -0.2) is 35.6 Å². The molecule has 28 heavy (non-hydrogen) atoms. The van der Waals surface area contributed by atoms with Crippen LogP contribution in [0, 0.1) is 0 Å².